The molecule has 0 fully saturated rings. The fourth-order valence-electron chi connectivity index (χ4n) is 2.31. The Labute approximate surface area is 162 Å². The number of halogens is 2. The Bertz CT molecular complexity index is 1110. The Hall–Kier alpha value is -2.79. The Morgan fingerprint density at radius 2 is 1.89 bits per heavy atom. The third-order valence-corrected chi connectivity index (χ3v) is 5.38. The molecule has 1 N–H and O–H groups in total. The van der Waals surface area contributed by atoms with Crippen LogP contribution in [-0.4, -0.2) is 32.2 Å². The van der Waals surface area contributed by atoms with Crippen molar-refractivity contribution in [3.05, 3.63) is 47.0 Å². The second kappa shape index (κ2) is 7.68. The molecule has 0 saturated carbocycles. The van der Waals surface area contributed by atoms with Gasteiger partial charge in [-0.05, 0) is 43.3 Å². The molecule has 0 atom stereocenters. The van der Waals surface area contributed by atoms with Crippen LogP contribution in [0.2, 0.25) is 0 Å². The quantitative estimate of drug-likeness (QED) is 0.638. The fraction of sp³-hybridized carbons (Fsp3) is 0.176. The van der Waals surface area contributed by atoms with Gasteiger partial charge in [0.1, 0.15) is 5.75 Å². The van der Waals surface area contributed by atoms with Gasteiger partial charge in [-0.2, -0.15) is 8.78 Å². The standard InChI is InChI=1S/C17H14F2N2O5S2/c1-9-14(10-3-5-11(6-4-10)25-16(18)19)20-17(27-9)21-15(22)12-7-8-13(26-12)28(2,23)24/h3-8,16H,1-2H3,(H,20,21,22). The Morgan fingerprint density at radius 3 is 2.46 bits per heavy atom. The first kappa shape index (κ1) is 20.0. The number of sulfone groups is 1. The van der Waals surface area contributed by atoms with E-state index < -0.39 is 22.4 Å². The van der Waals surface area contributed by atoms with E-state index in [1.807, 2.05) is 0 Å². The number of aryl methyl sites for hydroxylation is 1. The van der Waals surface area contributed by atoms with E-state index in [0.717, 1.165) is 11.1 Å². The third kappa shape index (κ3) is 4.54. The van der Waals surface area contributed by atoms with Gasteiger partial charge in [-0.3, -0.25) is 10.1 Å². The Balaban J connectivity index is 1.77. The normalized spacial score (nSPS) is 11.6. The molecule has 0 aliphatic heterocycles. The number of carbonyl (C=O) groups excluding carboxylic acids is 1. The van der Waals surface area contributed by atoms with Gasteiger partial charge in [0.15, 0.2) is 10.9 Å². The summed E-state index contributed by atoms with van der Waals surface area (Å²) in [4.78, 5) is 17.4. The van der Waals surface area contributed by atoms with Crippen LogP contribution >= 0.6 is 11.3 Å². The summed E-state index contributed by atoms with van der Waals surface area (Å²) in [5.74, 6) is -0.779. The summed E-state index contributed by atoms with van der Waals surface area (Å²) in [7, 11) is -3.56. The van der Waals surface area contributed by atoms with Crippen LogP contribution < -0.4 is 10.1 Å². The van der Waals surface area contributed by atoms with E-state index >= 15 is 0 Å². The van der Waals surface area contributed by atoms with E-state index in [-0.39, 0.29) is 21.7 Å². The van der Waals surface area contributed by atoms with Crippen LogP contribution in [0.5, 0.6) is 5.75 Å². The highest BCUT2D eigenvalue weighted by Gasteiger charge is 2.19. The van der Waals surface area contributed by atoms with Gasteiger partial charge >= 0.3 is 6.61 Å². The highest BCUT2D eigenvalue weighted by Crippen LogP contribution is 2.32. The number of nitrogens with zero attached hydrogens (tertiary/aromatic N) is 1. The average molecular weight is 428 g/mol. The lowest BCUT2D eigenvalue weighted by molar-refractivity contribution is -0.0498. The molecule has 2 aromatic heterocycles. The number of aromatic nitrogens is 1. The van der Waals surface area contributed by atoms with Crippen LogP contribution in [0, 0.1) is 6.92 Å². The monoisotopic (exact) mass is 428 g/mol. The molecule has 3 rings (SSSR count). The molecule has 0 unspecified atom stereocenters. The van der Waals surface area contributed by atoms with Gasteiger partial charge in [0.25, 0.3) is 5.91 Å². The number of furan rings is 1. The van der Waals surface area contributed by atoms with E-state index in [0.29, 0.717) is 11.3 Å². The zero-order valence-electron chi connectivity index (χ0n) is 14.6. The highest BCUT2D eigenvalue weighted by molar-refractivity contribution is 7.90. The summed E-state index contributed by atoms with van der Waals surface area (Å²) < 4.78 is 56.7. The number of rotatable bonds is 6. The second-order valence-electron chi connectivity index (χ2n) is 5.67. The first-order valence-electron chi connectivity index (χ1n) is 7.77. The van der Waals surface area contributed by atoms with Gasteiger partial charge in [-0.25, -0.2) is 13.4 Å². The van der Waals surface area contributed by atoms with Gasteiger partial charge in [0, 0.05) is 16.7 Å². The molecular formula is C17H14F2N2O5S2. The maximum absolute atomic E-state index is 12.2. The fourth-order valence-corrected chi connectivity index (χ4v) is 3.70. The maximum atomic E-state index is 12.2. The van der Waals surface area contributed by atoms with Crippen molar-refractivity contribution in [1.29, 1.82) is 0 Å². The van der Waals surface area contributed by atoms with E-state index in [4.69, 9.17) is 4.42 Å². The number of nitrogens with one attached hydrogen (secondary N) is 1. The minimum atomic E-state index is -3.56. The second-order valence-corrected chi connectivity index (χ2v) is 8.82. The molecule has 11 heteroatoms. The van der Waals surface area contributed by atoms with Crippen molar-refractivity contribution in [2.75, 3.05) is 11.6 Å². The lowest BCUT2D eigenvalue weighted by atomic mass is 10.1. The average Bonchev–Trinajstić information content (AvgIpc) is 3.22. The van der Waals surface area contributed by atoms with Crippen molar-refractivity contribution >= 4 is 32.2 Å². The first-order valence-corrected chi connectivity index (χ1v) is 10.5. The van der Waals surface area contributed by atoms with Crippen molar-refractivity contribution in [3.63, 3.8) is 0 Å². The molecule has 7 nitrogen and oxygen atoms in total. The molecule has 1 amide bonds. The molecule has 2 heterocycles. The van der Waals surface area contributed by atoms with Crippen LogP contribution in [0.1, 0.15) is 15.4 Å². The summed E-state index contributed by atoms with van der Waals surface area (Å²) >= 11 is 1.21. The number of thiazole rings is 1. The van der Waals surface area contributed by atoms with Crippen LogP contribution in [0.3, 0.4) is 0 Å². The molecule has 0 aliphatic carbocycles. The van der Waals surface area contributed by atoms with Crippen molar-refractivity contribution in [1.82, 2.24) is 4.98 Å². The van der Waals surface area contributed by atoms with Crippen molar-refractivity contribution in [2.24, 2.45) is 0 Å². The van der Waals surface area contributed by atoms with Crippen molar-refractivity contribution < 1.29 is 31.1 Å². The van der Waals surface area contributed by atoms with Gasteiger partial charge in [0.2, 0.25) is 14.9 Å². The zero-order chi connectivity index (χ0) is 20.5. The largest absolute Gasteiger partial charge is 0.440 e. The summed E-state index contributed by atoms with van der Waals surface area (Å²) in [6.45, 7) is -1.11. The van der Waals surface area contributed by atoms with E-state index in [2.05, 4.69) is 15.0 Å². The number of hydrogen-bond acceptors (Lipinski definition) is 7. The SMILES string of the molecule is Cc1sc(NC(=O)c2ccc(S(C)(=O)=O)o2)nc1-c1ccc(OC(F)F)cc1. The van der Waals surface area contributed by atoms with Crippen LogP contribution in [0.25, 0.3) is 11.3 Å². The summed E-state index contributed by atoms with van der Waals surface area (Å²) in [6.07, 6.45) is 0.974. The topological polar surface area (TPSA) is 98.5 Å². The van der Waals surface area contributed by atoms with E-state index in [9.17, 15) is 22.0 Å². The van der Waals surface area contributed by atoms with Gasteiger partial charge in [-0.1, -0.05) is 0 Å². The number of hydrogen-bond donors (Lipinski definition) is 1. The van der Waals surface area contributed by atoms with Gasteiger partial charge in [-0.15, -0.1) is 11.3 Å². The molecule has 3 aromatic rings. The molecule has 148 valence electrons. The molecule has 1 aromatic carbocycles. The summed E-state index contributed by atoms with van der Waals surface area (Å²) in [6, 6.07) is 8.41. The third-order valence-electron chi connectivity index (χ3n) is 3.54. The number of carbonyl (C=O) groups is 1. The smallest absolute Gasteiger partial charge is 0.387 e. The molecular weight excluding hydrogens is 414 g/mol. The van der Waals surface area contributed by atoms with Crippen LogP contribution in [0.4, 0.5) is 13.9 Å². The van der Waals surface area contributed by atoms with Gasteiger partial charge in [0.05, 0.1) is 5.69 Å². The zero-order valence-corrected chi connectivity index (χ0v) is 16.2. The number of alkyl halides is 2. The van der Waals surface area contributed by atoms with Crippen LogP contribution in [-0.2, 0) is 9.84 Å². The van der Waals surface area contributed by atoms with Gasteiger partial charge < -0.3 is 9.15 Å². The maximum Gasteiger partial charge on any atom is 0.387 e. The number of amides is 1. The number of anilines is 1. The van der Waals surface area contributed by atoms with Crippen LogP contribution in [0.15, 0.2) is 45.9 Å². The summed E-state index contributed by atoms with van der Waals surface area (Å²) in [5, 5.41) is 2.52. The van der Waals surface area contributed by atoms with Crippen molar-refractivity contribution in [2.45, 2.75) is 18.6 Å². The molecule has 0 spiro atoms. The molecule has 0 radical (unpaired) electrons. The Morgan fingerprint density at radius 1 is 1.21 bits per heavy atom. The molecule has 0 bridgehead atoms. The van der Waals surface area contributed by atoms with Crippen molar-refractivity contribution in [3.8, 4) is 17.0 Å². The Kier molecular flexibility index (Phi) is 5.47. The minimum Gasteiger partial charge on any atom is -0.440 e. The predicted octanol–water partition coefficient (Wildman–Crippen LogP) is 3.97. The highest BCUT2D eigenvalue weighted by atomic mass is 32.2. The number of benzene rings is 1. The lowest BCUT2D eigenvalue weighted by Gasteiger charge is -2.05. The molecule has 0 saturated heterocycles. The molecule has 0 aliphatic rings. The predicted molar refractivity (Wildman–Crippen MR) is 98.7 cm³/mol. The van der Waals surface area contributed by atoms with E-state index in [1.165, 1.54) is 35.6 Å². The number of ether oxygens (including phenoxy) is 1. The van der Waals surface area contributed by atoms with E-state index in [1.54, 1.807) is 19.1 Å². The summed E-state index contributed by atoms with van der Waals surface area (Å²) in [5.41, 5.74) is 1.23. The first-order chi connectivity index (χ1) is 13.1. The molecule has 28 heavy (non-hydrogen) atoms. The minimum absolute atomic E-state index is 0.0275. The lowest BCUT2D eigenvalue weighted by Crippen LogP contribution is -2.10.